The van der Waals surface area contributed by atoms with Crippen LogP contribution >= 0.6 is 0 Å². The lowest BCUT2D eigenvalue weighted by Gasteiger charge is -2.46. The summed E-state index contributed by atoms with van der Waals surface area (Å²) in [5.41, 5.74) is 2.18. The van der Waals surface area contributed by atoms with E-state index in [0.717, 1.165) is 36.6 Å². The number of fused-ring (bicyclic) bond motifs is 6. The number of carbonyl (C=O) groups is 1. The van der Waals surface area contributed by atoms with Gasteiger partial charge in [0.05, 0.1) is 30.3 Å². The van der Waals surface area contributed by atoms with Crippen LogP contribution in [-0.4, -0.2) is 52.6 Å². The van der Waals surface area contributed by atoms with E-state index in [-0.39, 0.29) is 18.5 Å². The third-order valence-corrected chi connectivity index (χ3v) is 6.82. The number of furan rings is 1. The summed E-state index contributed by atoms with van der Waals surface area (Å²) in [5.74, 6) is 0.598. The minimum Gasteiger partial charge on any atom is -0.459 e. The van der Waals surface area contributed by atoms with Crippen molar-refractivity contribution in [3.63, 3.8) is 0 Å². The maximum Gasteiger partial charge on any atom is 0.197 e. The van der Waals surface area contributed by atoms with Gasteiger partial charge in [-0.05, 0) is 24.5 Å². The molecule has 6 heteroatoms. The Hall–Kier alpha value is -2.51. The van der Waals surface area contributed by atoms with Gasteiger partial charge in [0, 0.05) is 10.9 Å². The van der Waals surface area contributed by atoms with Gasteiger partial charge in [-0.2, -0.15) is 0 Å². The summed E-state index contributed by atoms with van der Waals surface area (Å²) in [5, 5.41) is 29.9. The molecule has 1 fully saturated rings. The van der Waals surface area contributed by atoms with Crippen LogP contribution in [0.5, 0.6) is 0 Å². The summed E-state index contributed by atoms with van der Waals surface area (Å²) < 4.78 is 12.6. The standard InChI is InChI=1S/C25H26O6/c26-13-18(27)19(28)14-30-21-11-5-6-12-25(21)17-9-3-1-7-15(17)23(29)22-16-8-2-4-10-20(16)31-24(22)25/h1-4,7-10,18-19,21,26-28H,5-6,11-14H2/t18-,19-,21?,25?/m1/s1. The Morgan fingerprint density at radius 2 is 1.84 bits per heavy atom. The molecule has 3 N–H and O–H groups in total. The molecule has 2 aliphatic rings. The Kier molecular flexibility index (Phi) is 5.18. The van der Waals surface area contributed by atoms with E-state index in [1.54, 1.807) is 0 Å². The second-order valence-electron chi connectivity index (χ2n) is 8.53. The summed E-state index contributed by atoms with van der Waals surface area (Å²) in [6, 6.07) is 15.2. The maximum atomic E-state index is 13.5. The zero-order valence-corrected chi connectivity index (χ0v) is 17.2. The van der Waals surface area contributed by atoms with Gasteiger partial charge in [0.15, 0.2) is 5.78 Å². The fraction of sp³-hybridized carbons (Fsp3) is 0.400. The molecule has 0 radical (unpaired) electrons. The van der Waals surface area contributed by atoms with Crippen LogP contribution in [0.1, 0.15) is 52.9 Å². The molecule has 0 bridgehead atoms. The molecular formula is C25H26O6. The Bertz CT molecular complexity index is 1120. The Labute approximate surface area is 180 Å². The quantitative estimate of drug-likeness (QED) is 0.585. The summed E-state index contributed by atoms with van der Waals surface area (Å²) in [6.07, 6.45) is 0.614. The molecule has 1 heterocycles. The highest BCUT2D eigenvalue weighted by Crippen LogP contribution is 2.53. The van der Waals surface area contributed by atoms with E-state index in [1.165, 1.54) is 0 Å². The monoisotopic (exact) mass is 422 g/mol. The molecule has 162 valence electrons. The third-order valence-electron chi connectivity index (χ3n) is 6.82. The van der Waals surface area contributed by atoms with Crippen LogP contribution in [0.15, 0.2) is 52.9 Å². The molecule has 2 unspecified atom stereocenters. The van der Waals surface area contributed by atoms with Crippen molar-refractivity contribution in [3.8, 4) is 0 Å². The van der Waals surface area contributed by atoms with Crippen LogP contribution in [0.25, 0.3) is 11.0 Å². The molecule has 2 aliphatic carbocycles. The molecule has 3 aromatic rings. The van der Waals surface area contributed by atoms with Crippen molar-refractivity contribution in [3.05, 3.63) is 71.0 Å². The van der Waals surface area contributed by atoms with E-state index in [4.69, 9.17) is 14.3 Å². The summed E-state index contributed by atoms with van der Waals surface area (Å²) in [4.78, 5) is 13.5. The SMILES string of the molecule is O=C1c2ccccc2C2(CCCCC2OC[C@@H](O)[C@H](O)CO)c2oc3ccccc3c21. The first kappa shape index (κ1) is 20.4. The number of carbonyl (C=O) groups excluding carboxylic acids is 1. The molecule has 0 aliphatic heterocycles. The van der Waals surface area contributed by atoms with Crippen LogP contribution in [0.4, 0.5) is 0 Å². The number of benzene rings is 2. The number of hydrogen-bond donors (Lipinski definition) is 3. The lowest BCUT2D eigenvalue weighted by Crippen LogP contribution is -2.49. The van der Waals surface area contributed by atoms with Crippen LogP contribution < -0.4 is 0 Å². The molecule has 1 aromatic heterocycles. The smallest absolute Gasteiger partial charge is 0.197 e. The zero-order chi connectivity index (χ0) is 21.6. The zero-order valence-electron chi connectivity index (χ0n) is 17.2. The first-order chi connectivity index (χ1) is 15.1. The number of aliphatic hydroxyl groups is 3. The summed E-state index contributed by atoms with van der Waals surface area (Å²) in [6.45, 7) is -0.648. The van der Waals surface area contributed by atoms with Crippen molar-refractivity contribution in [1.82, 2.24) is 0 Å². The Morgan fingerprint density at radius 1 is 1.06 bits per heavy atom. The van der Waals surface area contributed by atoms with Gasteiger partial charge in [0.25, 0.3) is 0 Å². The predicted octanol–water partition coefficient (Wildman–Crippen LogP) is 2.94. The van der Waals surface area contributed by atoms with Crippen molar-refractivity contribution in [2.45, 2.75) is 49.4 Å². The second-order valence-corrected chi connectivity index (χ2v) is 8.53. The van der Waals surface area contributed by atoms with Crippen molar-refractivity contribution < 1.29 is 29.3 Å². The average molecular weight is 422 g/mol. The van der Waals surface area contributed by atoms with E-state index >= 15 is 0 Å². The number of ether oxygens (including phenoxy) is 1. The van der Waals surface area contributed by atoms with Crippen LogP contribution in [0, 0.1) is 0 Å². The summed E-state index contributed by atoms with van der Waals surface area (Å²) in [7, 11) is 0. The van der Waals surface area contributed by atoms with E-state index in [2.05, 4.69) is 0 Å². The second kappa shape index (κ2) is 7.88. The first-order valence-electron chi connectivity index (χ1n) is 10.8. The van der Waals surface area contributed by atoms with Gasteiger partial charge in [0.1, 0.15) is 23.6 Å². The molecular weight excluding hydrogens is 396 g/mol. The molecule has 4 atom stereocenters. The highest BCUT2D eigenvalue weighted by Gasteiger charge is 2.53. The van der Waals surface area contributed by atoms with E-state index < -0.39 is 24.2 Å². The number of ketones is 1. The molecule has 0 amide bonds. The van der Waals surface area contributed by atoms with Gasteiger partial charge in [0.2, 0.25) is 0 Å². The van der Waals surface area contributed by atoms with Crippen LogP contribution in [-0.2, 0) is 10.2 Å². The molecule has 1 saturated carbocycles. The topological polar surface area (TPSA) is 100 Å². The van der Waals surface area contributed by atoms with Gasteiger partial charge in [-0.3, -0.25) is 4.79 Å². The van der Waals surface area contributed by atoms with Gasteiger partial charge in [-0.25, -0.2) is 0 Å². The molecule has 1 spiro atoms. The van der Waals surface area contributed by atoms with Crippen LogP contribution in [0.3, 0.4) is 0 Å². The highest BCUT2D eigenvalue weighted by molar-refractivity contribution is 6.19. The first-order valence-corrected chi connectivity index (χ1v) is 10.8. The molecule has 5 rings (SSSR count). The predicted molar refractivity (Wildman–Crippen MR) is 114 cm³/mol. The van der Waals surface area contributed by atoms with E-state index in [1.807, 2.05) is 48.5 Å². The molecule has 31 heavy (non-hydrogen) atoms. The van der Waals surface area contributed by atoms with Crippen molar-refractivity contribution in [1.29, 1.82) is 0 Å². The molecule has 0 saturated heterocycles. The Balaban J connectivity index is 1.67. The minimum atomic E-state index is -1.26. The number of hydrogen-bond acceptors (Lipinski definition) is 6. The maximum absolute atomic E-state index is 13.5. The third kappa shape index (κ3) is 3.05. The van der Waals surface area contributed by atoms with E-state index in [9.17, 15) is 15.0 Å². The number of para-hydroxylation sites is 1. The van der Waals surface area contributed by atoms with Gasteiger partial charge >= 0.3 is 0 Å². The summed E-state index contributed by atoms with van der Waals surface area (Å²) >= 11 is 0. The van der Waals surface area contributed by atoms with Gasteiger partial charge in [-0.15, -0.1) is 0 Å². The van der Waals surface area contributed by atoms with E-state index in [0.29, 0.717) is 22.5 Å². The fourth-order valence-corrected chi connectivity index (χ4v) is 5.29. The lowest BCUT2D eigenvalue weighted by molar-refractivity contribution is -0.0966. The van der Waals surface area contributed by atoms with Crippen LogP contribution in [0.2, 0.25) is 0 Å². The minimum absolute atomic E-state index is 0.0405. The van der Waals surface area contributed by atoms with Gasteiger partial charge in [-0.1, -0.05) is 55.3 Å². The highest BCUT2D eigenvalue weighted by atomic mass is 16.5. The van der Waals surface area contributed by atoms with Crippen molar-refractivity contribution in [2.75, 3.05) is 13.2 Å². The normalized spacial score (nSPS) is 24.7. The Morgan fingerprint density at radius 3 is 2.68 bits per heavy atom. The molecule has 2 aromatic carbocycles. The lowest BCUT2D eigenvalue weighted by atomic mass is 9.60. The number of rotatable bonds is 5. The average Bonchev–Trinajstić information content (AvgIpc) is 3.21. The van der Waals surface area contributed by atoms with Gasteiger partial charge < -0.3 is 24.5 Å². The largest absolute Gasteiger partial charge is 0.459 e. The number of aliphatic hydroxyl groups excluding tert-OH is 3. The van der Waals surface area contributed by atoms with Crippen molar-refractivity contribution in [2.24, 2.45) is 0 Å². The fourth-order valence-electron chi connectivity index (χ4n) is 5.29. The molecule has 6 nitrogen and oxygen atoms in total. The van der Waals surface area contributed by atoms with Crippen molar-refractivity contribution >= 4 is 16.8 Å².